The summed E-state index contributed by atoms with van der Waals surface area (Å²) in [7, 11) is -1.43. The maximum absolute atomic E-state index is 13.4. The normalized spacial score (nSPS) is 35.6. The minimum atomic E-state index is -3.21. The zero-order valence-electron chi connectivity index (χ0n) is 24.8. The number of allylic oxidation sites excluding steroid dienone is 1. The Morgan fingerprint density at radius 1 is 1.17 bits per heavy atom. The van der Waals surface area contributed by atoms with Crippen LogP contribution in [0, 0.1) is 23.7 Å². The van der Waals surface area contributed by atoms with Gasteiger partial charge in [0.05, 0.1) is 18.4 Å². The van der Waals surface area contributed by atoms with Crippen molar-refractivity contribution in [2.45, 2.75) is 57.5 Å². The Kier molecular flexibility index (Phi) is 8.20. The number of carbonyl (C=O) groups is 1. The number of methoxy groups -OCH3 is 1. The molecule has 9 heteroatoms. The fourth-order valence-electron chi connectivity index (χ4n) is 7.41. The summed E-state index contributed by atoms with van der Waals surface area (Å²) in [6.45, 7) is 6.23. The fraction of sp³-hybridized carbons (Fsp3) is 0.545. The van der Waals surface area contributed by atoms with E-state index in [0.29, 0.717) is 24.0 Å². The van der Waals surface area contributed by atoms with Crippen LogP contribution < -0.4 is 14.8 Å². The predicted molar refractivity (Wildman–Crippen MR) is 169 cm³/mol. The Hall–Kier alpha value is -2.39. The second kappa shape index (κ2) is 11.6. The van der Waals surface area contributed by atoms with Crippen LogP contribution >= 0.6 is 11.6 Å². The topological polar surface area (TPSA) is 94.2 Å². The van der Waals surface area contributed by atoms with Crippen LogP contribution in [-0.2, 0) is 26.5 Å². The van der Waals surface area contributed by atoms with Crippen LogP contribution in [0.4, 0.5) is 5.69 Å². The van der Waals surface area contributed by atoms with Gasteiger partial charge in [-0.25, -0.2) is 9.35 Å². The SMILES string of the molecule is CO[C@H]1/C=C/[C@H](C)[C@H](C)C[S@](N)(=O)=NC(=O)c2ccc3c(c2)N(C[C@@H]2CC[C@H]21)C[C@@]1(CCCc2cc(Cl)ccc21)CO3. The van der Waals surface area contributed by atoms with E-state index in [4.69, 9.17) is 26.2 Å². The molecule has 2 N–H and O–H groups in total. The lowest BCUT2D eigenvalue weighted by Gasteiger charge is -2.46. The smallest absolute Gasteiger partial charge is 0.286 e. The third-order valence-corrected chi connectivity index (χ3v) is 11.9. The average Bonchev–Trinajstić information content (AvgIpc) is 3.08. The van der Waals surface area contributed by atoms with Crippen molar-refractivity contribution < 1.29 is 18.5 Å². The highest BCUT2D eigenvalue weighted by Gasteiger charge is 2.44. The van der Waals surface area contributed by atoms with Gasteiger partial charge >= 0.3 is 0 Å². The number of rotatable bonds is 1. The van der Waals surface area contributed by atoms with E-state index in [1.54, 1.807) is 13.2 Å². The minimum absolute atomic E-state index is 0.000319. The average molecular weight is 612 g/mol. The molecule has 0 radical (unpaired) electrons. The summed E-state index contributed by atoms with van der Waals surface area (Å²) in [5.74, 6) is 1.26. The van der Waals surface area contributed by atoms with Gasteiger partial charge in [0.1, 0.15) is 15.7 Å². The van der Waals surface area contributed by atoms with Crippen molar-refractivity contribution in [1.82, 2.24) is 0 Å². The number of halogens is 1. The van der Waals surface area contributed by atoms with Crippen molar-refractivity contribution in [3.05, 3.63) is 70.3 Å². The van der Waals surface area contributed by atoms with Gasteiger partial charge in [0.25, 0.3) is 5.91 Å². The molecule has 0 saturated heterocycles. The number of fused-ring (bicyclic) bond motifs is 4. The fourth-order valence-corrected chi connectivity index (χ4v) is 9.13. The van der Waals surface area contributed by atoms with Crippen LogP contribution in [0.25, 0.3) is 0 Å². The molecule has 1 saturated carbocycles. The number of amides is 1. The van der Waals surface area contributed by atoms with Crippen molar-refractivity contribution in [2.24, 2.45) is 33.2 Å². The molecule has 0 unspecified atom stereocenters. The third-order valence-electron chi connectivity index (χ3n) is 10.2. The van der Waals surface area contributed by atoms with Gasteiger partial charge in [-0.1, -0.05) is 43.7 Å². The van der Waals surface area contributed by atoms with Gasteiger partial charge in [-0.2, -0.15) is 0 Å². The molecule has 2 aromatic carbocycles. The van der Waals surface area contributed by atoms with Crippen LogP contribution in [0.15, 0.2) is 52.9 Å². The molecule has 6 rings (SSSR count). The van der Waals surface area contributed by atoms with Gasteiger partial charge in [-0.05, 0) is 97.2 Å². The van der Waals surface area contributed by atoms with Crippen LogP contribution in [0.5, 0.6) is 5.75 Å². The molecule has 2 aliphatic carbocycles. The van der Waals surface area contributed by atoms with E-state index >= 15 is 0 Å². The van der Waals surface area contributed by atoms with E-state index in [1.807, 2.05) is 25.1 Å². The number of anilines is 1. The number of carbonyl (C=O) groups excluding carboxylic acids is 1. The number of hydrogen-bond acceptors (Lipinski definition) is 5. The second-order valence-corrected chi connectivity index (χ2v) is 15.3. The minimum Gasteiger partial charge on any atom is -0.490 e. The summed E-state index contributed by atoms with van der Waals surface area (Å²) in [5.41, 5.74) is 3.64. The van der Waals surface area contributed by atoms with Crippen LogP contribution in [0.2, 0.25) is 5.02 Å². The first-order chi connectivity index (χ1) is 20.1. The standard InChI is InChI=1S/C33H42ClN3O4S/c1-21-6-12-30(40-3)27-10-7-25(27)17-37-19-33(14-4-5-23-15-26(34)9-11-28(23)33)20-41-31-13-8-24(16-29(31)37)32(38)36-42(35,39)18-22(21)2/h6,8-9,11-13,15-16,21-22,25,27,30H,4-5,7,10,14,17-20H2,1-3H3,(H2,35,36,38,39)/b12-6+/t21-,22+,25-,27+,30-,33-,42+/m0/s1. The van der Waals surface area contributed by atoms with Crippen LogP contribution in [0.1, 0.15) is 61.0 Å². The Labute approximate surface area is 255 Å². The maximum atomic E-state index is 13.4. The quantitative estimate of drug-likeness (QED) is 0.389. The van der Waals surface area contributed by atoms with Gasteiger partial charge in [0.15, 0.2) is 0 Å². The van der Waals surface area contributed by atoms with E-state index in [0.717, 1.165) is 61.7 Å². The molecule has 2 bridgehead atoms. The van der Waals surface area contributed by atoms with E-state index in [1.165, 1.54) is 11.1 Å². The molecule has 2 heterocycles. The highest BCUT2D eigenvalue weighted by Crippen LogP contribution is 2.47. The van der Waals surface area contributed by atoms with Gasteiger partial charge in [-0.3, -0.25) is 4.79 Å². The van der Waals surface area contributed by atoms with Crippen molar-refractivity contribution in [1.29, 1.82) is 0 Å². The number of hydrogen-bond donors (Lipinski definition) is 1. The van der Waals surface area contributed by atoms with Crippen LogP contribution in [-0.4, -0.2) is 48.8 Å². The molecule has 42 heavy (non-hydrogen) atoms. The van der Waals surface area contributed by atoms with Gasteiger partial charge in [0.2, 0.25) is 0 Å². The molecule has 2 aliphatic heterocycles. The van der Waals surface area contributed by atoms with Gasteiger partial charge in [0, 0.05) is 42.0 Å². The van der Waals surface area contributed by atoms with Crippen molar-refractivity contribution >= 4 is 33.1 Å². The van der Waals surface area contributed by atoms with Crippen molar-refractivity contribution in [2.75, 3.05) is 37.5 Å². The number of benzene rings is 2. The Morgan fingerprint density at radius 2 is 2.00 bits per heavy atom. The number of ether oxygens (including phenoxy) is 2. The first-order valence-corrected chi connectivity index (χ1v) is 17.3. The summed E-state index contributed by atoms with van der Waals surface area (Å²) in [6, 6.07) is 11.7. The first kappa shape index (κ1) is 29.7. The van der Waals surface area contributed by atoms with E-state index in [-0.39, 0.29) is 29.1 Å². The number of nitrogens with zero attached hydrogens (tertiary/aromatic N) is 2. The molecular weight excluding hydrogens is 570 g/mol. The molecule has 4 aliphatic rings. The lowest BCUT2D eigenvalue weighted by atomic mass is 9.68. The molecule has 2 aromatic rings. The summed E-state index contributed by atoms with van der Waals surface area (Å²) >= 11 is 6.41. The highest BCUT2D eigenvalue weighted by molar-refractivity contribution is 7.91. The predicted octanol–water partition coefficient (Wildman–Crippen LogP) is 6.18. The highest BCUT2D eigenvalue weighted by atomic mass is 35.5. The van der Waals surface area contributed by atoms with E-state index < -0.39 is 15.8 Å². The zero-order valence-corrected chi connectivity index (χ0v) is 26.3. The molecule has 0 aromatic heterocycles. The molecule has 1 fully saturated rings. The molecule has 1 amide bonds. The number of nitrogens with two attached hydrogens (primary N) is 1. The summed E-state index contributed by atoms with van der Waals surface area (Å²) in [6.07, 6.45) is 9.63. The van der Waals surface area contributed by atoms with Gasteiger partial charge < -0.3 is 14.4 Å². The summed E-state index contributed by atoms with van der Waals surface area (Å²) in [5, 5.41) is 6.91. The maximum Gasteiger partial charge on any atom is 0.286 e. The monoisotopic (exact) mass is 611 g/mol. The van der Waals surface area contributed by atoms with E-state index in [2.05, 4.69) is 40.5 Å². The largest absolute Gasteiger partial charge is 0.490 e. The Bertz CT molecular complexity index is 1520. The third kappa shape index (κ3) is 5.75. The lowest BCUT2D eigenvalue weighted by Crippen LogP contribution is -2.49. The molecule has 7 atom stereocenters. The van der Waals surface area contributed by atoms with E-state index in [9.17, 15) is 9.00 Å². The zero-order chi connectivity index (χ0) is 29.6. The Balaban J connectivity index is 1.45. The summed E-state index contributed by atoms with van der Waals surface area (Å²) < 4.78 is 30.0. The van der Waals surface area contributed by atoms with Crippen molar-refractivity contribution in [3.63, 3.8) is 0 Å². The number of aryl methyl sites for hydroxylation is 1. The summed E-state index contributed by atoms with van der Waals surface area (Å²) in [4.78, 5) is 15.8. The molecule has 226 valence electrons. The molecule has 1 spiro atoms. The Morgan fingerprint density at radius 3 is 2.76 bits per heavy atom. The van der Waals surface area contributed by atoms with Crippen LogP contribution in [0.3, 0.4) is 0 Å². The second-order valence-electron chi connectivity index (χ2n) is 13.0. The van der Waals surface area contributed by atoms with Gasteiger partial charge in [-0.15, -0.1) is 4.36 Å². The first-order valence-electron chi connectivity index (χ1n) is 15.2. The van der Waals surface area contributed by atoms with Crippen molar-refractivity contribution in [3.8, 4) is 5.75 Å². The molecule has 7 nitrogen and oxygen atoms in total. The molecular formula is C33H42ClN3O4S. The lowest BCUT2D eigenvalue weighted by molar-refractivity contribution is 0.0130.